The molecule has 1 aliphatic carbocycles. The minimum Gasteiger partial charge on any atom is -0.394 e. The smallest absolute Gasteiger partial charge is 0.394 e. The minimum absolute atomic E-state index is 0.0142. The van der Waals surface area contributed by atoms with E-state index in [2.05, 4.69) is 5.32 Å². The number of aliphatic hydroxyl groups is 1. The standard InChI is InChI=1S/C22H25F6N3O2/c1-3-12(10-32)29-20(33)11-7-14-13-5-4-6-16-18(13)15(8-17(14)30(2)9-11)19(21(23,24)25)31(16)22(26,27)28/h4-6,11-12,14,17,32H,3,7-10H2,1-2H3,(H,29,33)/t11?,12?,14?,17-/m1/s1. The number of benzene rings is 1. The molecule has 1 fully saturated rings. The van der Waals surface area contributed by atoms with E-state index in [9.17, 15) is 36.2 Å². The fourth-order valence-electron chi connectivity index (χ4n) is 5.47. The number of likely N-dealkylation sites (tertiary alicyclic amines) is 1. The van der Waals surface area contributed by atoms with Crippen molar-refractivity contribution in [1.82, 2.24) is 14.8 Å². The third kappa shape index (κ3) is 3.99. The lowest BCUT2D eigenvalue weighted by Gasteiger charge is -2.45. The van der Waals surface area contributed by atoms with Crippen LogP contribution in [0.1, 0.15) is 42.5 Å². The number of nitrogens with one attached hydrogen (secondary N) is 1. The van der Waals surface area contributed by atoms with Gasteiger partial charge in [0.25, 0.3) is 0 Å². The largest absolute Gasteiger partial charge is 0.489 e. The fraction of sp³-hybridized carbons (Fsp3) is 0.591. The summed E-state index contributed by atoms with van der Waals surface area (Å²) in [6, 6.07) is 3.11. The predicted molar refractivity (Wildman–Crippen MR) is 109 cm³/mol. The summed E-state index contributed by atoms with van der Waals surface area (Å²) in [6.45, 7) is 1.86. The average molecular weight is 477 g/mol. The number of carbonyl (C=O) groups is 1. The molecule has 5 nitrogen and oxygen atoms in total. The summed E-state index contributed by atoms with van der Waals surface area (Å²) in [4.78, 5) is 14.6. The molecule has 1 aromatic heterocycles. The van der Waals surface area contributed by atoms with Crippen molar-refractivity contribution < 1.29 is 36.2 Å². The van der Waals surface area contributed by atoms with Gasteiger partial charge in [0.15, 0.2) is 0 Å². The maximum absolute atomic E-state index is 13.9. The number of hydrogen-bond acceptors (Lipinski definition) is 3. The van der Waals surface area contributed by atoms with Crippen LogP contribution in [0.4, 0.5) is 26.3 Å². The zero-order chi connectivity index (χ0) is 24.3. The molecule has 4 atom stereocenters. The molecule has 0 radical (unpaired) electrons. The number of rotatable bonds is 4. The van der Waals surface area contributed by atoms with Gasteiger partial charge in [0.2, 0.25) is 5.91 Å². The highest BCUT2D eigenvalue weighted by molar-refractivity contribution is 5.91. The molecule has 2 aliphatic rings. The molecule has 2 N–H and O–H groups in total. The van der Waals surface area contributed by atoms with Crippen molar-refractivity contribution in [2.75, 3.05) is 20.2 Å². The van der Waals surface area contributed by atoms with Gasteiger partial charge in [0.1, 0.15) is 5.69 Å². The molecule has 2 heterocycles. The highest BCUT2D eigenvalue weighted by Gasteiger charge is 2.50. The Morgan fingerprint density at radius 3 is 2.52 bits per heavy atom. The van der Waals surface area contributed by atoms with Crippen LogP contribution in [-0.4, -0.2) is 52.8 Å². The molecule has 0 saturated carbocycles. The third-order valence-corrected chi connectivity index (χ3v) is 6.97. The van der Waals surface area contributed by atoms with Gasteiger partial charge in [-0.15, -0.1) is 13.2 Å². The first-order chi connectivity index (χ1) is 15.4. The molecular weight excluding hydrogens is 452 g/mol. The third-order valence-electron chi connectivity index (χ3n) is 6.97. The molecule has 3 unspecified atom stereocenters. The first-order valence-electron chi connectivity index (χ1n) is 10.8. The zero-order valence-electron chi connectivity index (χ0n) is 18.1. The maximum atomic E-state index is 13.9. The van der Waals surface area contributed by atoms with Crippen molar-refractivity contribution in [3.63, 3.8) is 0 Å². The number of aliphatic hydroxyl groups excluding tert-OH is 1. The Morgan fingerprint density at radius 1 is 1.24 bits per heavy atom. The van der Waals surface area contributed by atoms with Crippen molar-refractivity contribution in [1.29, 1.82) is 0 Å². The second-order valence-corrected chi connectivity index (χ2v) is 8.92. The number of nitrogens with zero attached hydrogens (tertiary/aromatic N) is 2. The summed E-state index contributed by atoms with van der Waals surface area (Å²) in [6.07, 6.45) is -9.76. The molecule has 1 saturated heterocycles. The van der Waals surface area contributed by atoms with E-state index in [0.717, 1.165) is 6.07 Å². The Balaban J connectivity index is 1.82. The lowest BCUT2D eigenvalue weighted by Crippen LogP contribution is -2.52. The first kappa shape index (κ1) is 23.9. The number of alkyl halides is 6. The van der Waals surface area contributed by atoms with Crippen LogP contribution in [0.3, 0.4) is 0 Å². The fourth-order valence-corrected chi connectivity index (χ4v) is 5.47. The molecule has 1 amide bonds. The van der Waals surface area contributed by atoms with Crippen LogP contribution < -0.4 is 5.32 Å². The Hall–Kier alpha value is -2.27. The first-order valence-corrected chi connectivity index (χ1v) is 10.8. The SMILES string of the molecule is CCC(CO)NC(=O)C1CC2c3cccc4c3c(c(C(F)(F)F)n4C(F)(F)F)C[C@H]2N(C)C1. The molecule has 182 valence electrons. The van der Waals surface area contributed by atoms with Crippen LogP contribution >= 0.6 is 0 Å². The normalized spacial score (nSPS) is 24.6. The second kappa shape index (κ2) is 8.19. The van der Waals surface area contributed by atoms with Crippen molar-refractivity contribution in [2.24, 2.45) is 5.92 Å². The zero-order valence-corrected chi connectivity index (χ0v) is 18.1. The Morgan fingerprint density at radius 2 is 1.94 bits per heavy atom. The topological polar surface area (TPSA) is 57.5 Å². The summed E-state index contributed by atoms with van der Waals surface area (Å²) in [5.41, 5.74) is -2.11. The summed E-state index contributed by atoms with van der Waals surface area (Å²) in [7, 11) is 1.68. The number of aromatic nitrogens is 1. The number of hydrogen-bond donors (Lipinski definition) is 2. The lowest BCUT2D eigenvalue weighted by molar-refractivity contribution is -0.218. The number of carbonyl (C=O) groups excluding carboxylic acids is 1. The van der Waals surface area contributed by atoms with Crippen LogP contribution in [-0.2, 0) is 23.7 Å². The number of halogens is 6. The van der Waals surface area contributed by atoms with Crippen LogP contribution in [0.15, 0.2) is 18.2 Å². The monoisotopic (exact) mass is 477 g/mol. The summed E-state index contributed by atoms with van der Waals surface area (Å²) >= 11 is 0. The van der Waals surface area contributed by atoms with Gasteiger partial charge in [0.05, 0.1) is 24.1 Å². The summed E-state index contributed by atoms with van der Waals surface area (Å²) < 4.78 is 82.5. The highest BCUT2D eigenvalue weighted by atomic mass is 19.4. The summed E-state index contributed by atoms with van der Waals surface area (Å²) in [5.74, 6) is -1.17. The van der Waals surface area contributed by atoms with E-state index >= 15 is 0 Å². The van der Waals surface area contributed by atoms with Gasteiger partial charge < -0.3 is 15.3 Å². The number of likely N-dealkylation sites (N-methyl/N-ethyl adjacent to an activating group) is 1. The second-order valence-electron chi connectivity index (χ2n) is 8.92. The van der Waals surface area contributed by atoms with E-state index < -0.39 is 52.2 Å². The molecule has 11 heteroatoms. The molecule has 0 bridgehead atoms. The van der Waals surface area contributed by atoms with Crippen molar-refractivity contribution in [2.45, 2.75) is 56.7 Å². The Labute approximate surface area is 186 Å². The minimum atomic E-state index is -5.23. The van der Waals surface area contributed by atoms with Gasteiger partial charge in [0, 0.05) is 23.9 Å². The number of amides is 1. The van der Waals surface area contributed by atoms with Crippen molar-refractivity contribution >= 4 is 16.8 Å². The quantitative estimate of drug-likeness (QED) is 0.655. The van der Waals surface area contributed by atoms with Crippen LogP contribution in [0.2, 0.25) is 0 Å². The van der Waals surface area contributed by atoms with Gasteiger partial charge in [-0.2, -0.15) is 13.2 Å². The molecule has 4 rings (SSSR count). The predicted octanol–water partition coefficient (Wildman–Crippen LogP) is 3.98. The van der Waals surface area contributed by atoms with E-state index in [1.807, 2.05) is 6.92 Å². The van der Waals surface area contributed by atoms with E-state index in [0.29, 0.717) is 18.4 Å². The van der Waals surface area contributed by atoms with Crippen molar-refractivity contribution in [3.8, 4) is 0 Å². The lowest BCUT2D eigenvalue weighted by atomic mass is 9.72. The van der Waals surface area contributed by atoms with E-state index in [4.69, 9.17) is 0 Å². The molecule has 1 aromatic carbocycles. The van der Waals surface area contributed by atoms with E-state index in [-0.39, 0.29) is 36.4 Å². The van der Waals surface area contributed by atoms with Gasteiger partial charge >= 0.3 is 12.5 Å². The van der Waals surface area contributed by atoms with Gasteiger partial charge in [-0.1, -0.05) is 19.1 Å². The average Bonchev–Trinajstić information content (AvgIpc) is 3.09. The Kier molecular flexibility index (Phi) is 5.93. The van der Waals surface area contributed by atoms with Crippen LogP contribution in [0.5, 0.6) is 0 Å². The van der Waals surface area contributed by atoms with Crippen LogP contribution in [0.25, 0.3) is 10.9 Å². The van der Waals surface area contributed by atoms with Gasteiger partial charge in [-0.3, -0.25) is 4.79 Å². The maximum Gasteiger partial charge on any atom is 0.489 e. The van der Waals surface area contributed by atoms with Gasteiger partial charge in [-0.05, 0) is 43.5 Å². The Bertz CT molecular complexity index is 1060. The molecule has 1 aliphatic heterocycles. The van der Waals surface area contributed by atoms with Crippen LogP contribution in [0, 0.1) is 5.92 Å². The van der Waals surface area contributed by atoms with Gasteiger partial charge in [-0.25, -0.2) is 4.57 Å². The van der Waals surface area contributed by atoms with E-state index in [1.54, 1.807) is 18.0 Å². The number of fused-ring (bicyclic) bond motifs is 2. The molecule has 33 heavy (non-hydrogen) atoms. The van der Waals surface area contributed by atoms with Crippen molar-refractivity contribution in [3.05, 3.63) is 35.0 Å². The molecular formula is C22H25F6N3O2. The molecule has 0 spiro atoms. The highest BCUT2D eigenvalue weighted by Crippen LogP contribution is 2.51. The molecule has 2 aromatic rings. The van der Waals surface area contributed by atoms with E-state index in [1.165, 1.54) is 6.07 Å². The number of piperidine rings is 1. The summed E-state index contributed by atoms with van der Waals surface area (Å²) in [5, 5.41) is 12.1.